The monoisotopic (exact) mass is 275 g/mol. The Balaban J connectivity index is 2.04. The van der Waals surface area contributed by atoms with Gasteiger partial charge in [-0.1, -0.05) is 51.1 Å². The molecule has 1 aliphatic rings. The number of nitrogens with one attached hydrogen (secondary N) is 1. The minimum Gasteiger partial charge on any atom is -0.369 e. The summed E-state index contributed by atoms with van der Waals surface area (Å²) in [5, 5.41) is 3.26. The Hall–Kier alpha value is -0.860. The quantitative estimate of drug-likeness (QED) is 0.870. The van der Waals surface area contributed by atoms with Gasteiger partial charge in [0.25, 0.3) is 0 Å². The number of ether oxygens (including phenoxy) is 1. The molecule has 3 atom stereocenters. The maximum atomic E-state index is 6.46. The Morgan fingerprint density at radius 1 is 1.25 bits per heavy atom. The average molecular weight is 275 g/mol. The van der Waals surface area contributed by atoms with Crippen molar-refractivity contribution in [1.82, 2.24) is 5.32 Å². The van der Waals surface area contributed by atoms with E-state index in [2.05, 4.69) is 56.4 Å². The van der Waals surface area contributed by atoms with Crippen LogP contribution >= 0.6 is 0 Å². The van der Waals surface area contributed by atoms with Gasteiger partial charge < -0.3 is 10.1 Å². The van der Waals surface area contributed by atoms with Crippen LogP contribution < -0.4 is 5.32 Å². The topological polar surface area (TPSA) is 21.3 Å². The van der Waals surface area contributed by atoms with Crippen molar-refractivity contribution in [3.8, 4) is 0 Å². The molecule has 112 valence electrons. The number of benzene rings is 1. The molecule has 1 fully saturated rings. The molecule has 1 N–H and O–H groups in total. The molecule has 3 unspecified atom stereocenters. The third kappa shape index (κ3) is 4.32. The van der Waals surface area contributed by atoms with Crippen LogP contribution in [0, 0.1) is 11.3 Å². The number of hydrogen-bond acceptors (Lipinski definition) is 2. The van der Waals surface area contributed by atoms with Gasteiger partial charge in [-0.25, -0.2) is 0 Å². The lowest BCUT2D eigenvalue weighted by Gasteiger charge is -2.40. The molecule has 1 aromatic carbocycles. The summed E-state index contributed by atoms with van der Waals surface area (Å²) in [5.74, 6) is 0.759. The maximum absolute atomic E-state index is 6.46. The van der Waals surface area contributed by atoms with Gasteiger partial charge in [0.2, 0.25) is 0 Å². The largest absolute Gasteiger partial charge is 0.369 e. The van der Waals surface area contributed by atoms with E-state index in [9.17, 15) is 0 Å². The van der Waals surface area contributed by atoms with Crippen molar-refractivity contribution >= 4 is 0 Å². The van der Waals surface area contributed by atoms with Crippen LogP contribution in [0.15, 0.2) is 30.3 Å². The van der Waals surface area contributed by atoms with Crippen molar-refractivity contribution in [2.75, 3.05) is 13.6 Å². The van der Waals surface area contributed by atoms with Gasteiger partial charge in [0.15, 0.2) is 0 Å². The van der Waals surface area contributed by atoms with Crippen LogP contribution in [0.2, 0.25) is 0 Å². The maximum Gasteiger partial charge on any atom is 0.0952 e. The summed E-state index contributed by atoms with van der Waals surface area (Å²) < 4.78 is 6.46. The highest BCUT2D eigenvalue weighted by Crippen LogP contribution is 2.41. The molecule has 0 bridgehead atoms. The standard InChI is InChI=1S/C18H29NO/c1-14-10-16(12-18(2,3)11-14)20-17(13-19-4)15-8-6-5-7-9-15/h5-9,14,16-17,19H,10-13H2,1-4H3. The number of hydrogen-bond donors (Lipinski definition) is 1. The first-order valence-electron chi connectivity index (χ1n) is 7.85. The molecule has 0 aliphatic heterocycles. The van der Waals surface area contributed by atoms with E-state index in [0.29, 0.717) is 11.5 Å². The first kappa shape index (κ1) is 15.5. The molecular formula is C18H29NO. The third-order valence-electron chi connectivity index (χ3n) is 4.26. The van der Waals surface area contributed by atoms with E-state index in [1.54, 1.807) is 0 Å². The molecule has 1 saturated carbocycles. The summed E-state index contributed by atoms with van der Waals surface area (Å²) in [4.78, 5) is 0. The van der Waals surface area contributed by atoms with Crippen LogP contribution in [-0.4, -0.2) is 19.7 Å². The molecule has 0 saturated heterocycles. The van der Waals surface area contributed by atoms with Gasteiger partial charge in [0, 0.05) is 6.54 Å². The van der Waals surface area contributed by atoms with Crippen molar-refractivity contribution in [2.45, 2.75) is 52.2 Å². The number of rotatable bonds is 5. The minimum absolute atomic E-state index is 0.160. The van der Waals surface area contributed by atoms with E-state index >= 15 is 0 Å². The smallest absolute Gasteiger partial charge is 0.0952 e. The van der Waals surface area contributed by atoms with E-state index < -0.39 is 0 Å². The fourth-order valence-electron chi connectivity index (χ4n) is 3.69. The summed E-state index contributed by atoms with van der Waals surface area (Å²) in [7, 11) is 1.99. The van der Waals surface area contributed by atoms with Crippen LogP contribution in [0.4, 0.5) is 0 Å². The van der Waals surface area contributed by atoms with E-state index in [4.69, 9.17) is 4.74 Å². The molecule has 20 heavy (non-hydrogen) atoms. The highest BCUT2D eigenvalue weighted by Gasteiger charge is 2.33. The van der Waals surface area contributed by atoms with Gasteiger partial charge in [-0.15, -0.1) is 0 Å². The Bertz CT molecular complexity index is 401. The van der Waals surface area contributed by atoms with Crippen LogP contribution in [0.3, 0.4) is 0 Å². The Labute approximate surface area is 123 Å². The predicted octanol–water partition coefficient (Wildman–Crippen LogP) is 4.18. The molecular weight excluding hydrogens is 246 g/mol. The average Bonchev–Trinajstić information content (AvgIpc) is 2.37. The number of likely N-dealkylation sites (N-methyl/N-ethyl adjacent to an activating group) is 1. The summed E-state index contributed by atoms with van der Waals surface area (Å²) in [5.41, 5.74) is 1.68. The molecule has 1 aromatic rings. The second-order valence-electron chi connectivity index (χ2n) is 7.13. The van der Waals surface area contributed by atoms with Crippen LogP contribution in [0.5, 0.6) is 0 Å². The lowest BCUT2D eigenvalue weighted by molar-refractivity contribution is -0.0656. The third-order valence-corrected chi connectivity index (χ3v) is 4.26. The SMILES string of the molecule is CNCC(OC1CC(C)CC(C)(C)C1)c1ccccc1. The highest BCUT2D eigenvalue weighted by molar-refractivity contribution is 5.18. The van der Waals surface area contributed by atoms with Gasteiger partial charge in [0.05, 0.1) is 12.2 Å². The van der Waals surface area contributed by atoms with Crippen molar-refractivity contribution in [3.05, 3.63) is 35.9 Å². The van der Waals surface area contributed by atoms with Crippen LogP contribution in [0.1, 0.15) is 51.7 Å². The lowest BCUT2D eigenvalue weighted by Crippen LogP contribution is -2.35. The van der Waals surface area contributed by atoms with Gasteiger partial charge >= 0.3 is 0 Å². The highest BCUT2D eigenvalue weighted by atomic mass is 16.5. The molecule has 0 amide bonds. The van der Waals surface area contributed by atoms with Crippen molar-refractivity contribution < 1.29 is 4.74 Å². The van der Waals surface area contributed by atoms with Crippen LogP contribution in [-0.2, 0) is 4.74 Å². The molecule has 0 radical (unpaired) electrons. The van der Waals surface area contributed by atoms with Gasteiger partial charge in [-0.3, -0.25) is 0 Å². The zero-order valence-electron chi connectivity index (χ0n) is 13.4. The fraction of sp³-hybridized carbons (Fsp3) is 0.667. The van der Waals surface area contributed by atoms with Crippen LogP contribution in [0.25, 0.3) is 0 Å². The van der Waals surface area contributed by atoms with Crippen molar-refractivity contribution in [3.63, 3.8) is 0 Å². The molecule has 1 aliphatic carbocycles. The van der Waals surface area contributed by atoms with Crippen molar-refractivity contribution in [1.29, 1.82) is 0 Å². The molecule has 2 nitrogen and oxygen atoms in total. The zero-order valence-corrected chi connectivity index (χ0v) is 13.4. The fourth-order valence-corrected chi connectivity index (χ4v) is 3.69. The normalized spacial score (nSPS) is 27.2. The summed E-state index contributed by atoms with van der Waals surface area (Å²) in [6, 6.07) is 10.6. The summed E-state index contributed by atoms with van der Waals surface area (Å²) in [6.45, 7) is 7.96. The summed E-state index contributed by atoms with van der Waals surface area (Å²) in [6.07, 6.45) is 4.22. The first-order chi connectivity index (χ1) is 9.50. The Morgan fingerprint density at radius 2 is 1.95 bits per heavy atom. The second kappa shape index (κ2) is 6.73. The van der Waals surface area contributed by atoms with Gasteiger partial charge in [-0.2, -0.15) is 0 Å². The van der Waals surface area contributed by atoms with E-state index in [1.807, 2.05) is 7.05 Å². The second-order valence-corrected chi connectivity index (χ2v) is 7.13. The van der Waals surface area contributed by atoms with E-state index in [-0.39, 0.29) is 6.10 Å². The molecule has 0 aromatic heterocycles. The van der Waals surface area contributed by atoms with Crippen molar-refractivity contribution in [2.24, 2.45) is 11.3 Å². The van der Waals surface area contributed by atoms with Gasteiger partial charge in [0.1, 0.15) is 0 Å². The van der Waals surface area contributed by atoms with E-state index in [1.165, 1.54) is 24.8 Å². The predicted molar refractivity (Wildman–Crippen MR) is 84.8 cm³/mol. The zero-order chi connectivity index (χ0) is 14.6. The molecule has 0 spiro atoms. The Morgan fingerprint density at radius 3 is 2.55 bits per heavy atom. The van der Waals surface area contributed by atoms with E-state index in [0.717, 1.165) is 12.5 Å². The van der Waals surface area contributed by atoms with Gasteiger partial charge in [-0.05, 0) is 43.2 Å². The Kier molecular flexibility index (Phi) is 5.22. The lowest BCUT2D eigenvalue weighted by atomic mass is 9.71. The molecule has 0 heterocycles. The first-order valence-corrected chi connectivity index (χ1v) is 7.85. The molecule has 2 rings (SSSR count). The minimum atomic E-state index is 0.160. The molecule has 2 heteroatoms. The summed E-state index contributed by atoms with van der Waals surface area (Å²) >= 11 is 0.